The van der Waals surface area contributed by atoms with Crippen LogP contribution in [0, 0.1) is 0 Å². The normalized spacial score (nSPS) is 12.2. The molecule has 1 aliphatic rings. The molecule has 0 saturated heterocycles. The van der Waals surface area contributed by atoms with Crippen LogP contribution in [0.1, 0.15) is 35.5 Å². The van der Waals surface area contributed by atoms with Crippen LogP contribution < -0.4 is 10.6 Å². The Kier molecular flexibility index (Phi) is 6.74. The van der Waals surface area contributed by atoms with Gasteiger partial charge in [-0.2, -0.15) is 0 Å². The summed E-state index contributed by atoms with van der Waals surface area (Å²) in [6.45, 7) is 3.59. The minimum Gasteiger partial charge on any atom is -0.459 e. The van der Waals surface area contributed by atoms with E-state index in [-0.39, 0.29) is 17.8 Å². The van der Waals surface area contributed by atoms with Crippen molar-refractivity contribution in [1.82, 2.24) is 4.98 Å². The maximum atomic E-state index is 12.4. The number of nitrogens with zero attached hydrogens (tertiary/aromatic N) is 2. The number of carbonyl (C=O) groups is 2. The molecule has 4 aromatic rings. The van der Waals surface area contributed by atoms with Gasteiger partial charge in [0.25, 0.3) is 5.91 Å². The lowest BCUT2D eigenvalue weighted by molar-refractivity contribution is 0.0996. The van der Waals surface area contributed by atoms with Crippen LogP contribution in [0.25, 0.3) is 11.1 Å². The second-order valence-electron chi connectivity index (χ2n) is 8.69. The highest BCUT2D eigenvalue weighted by Gasteiger charge is 2.22. The zero-order valence-corrected chi connectivity index (χ0v) is 20.9. The molecule has 0 unspecified atom stereocenters. The van der Waals surface area contributed by atoms with Gasteiger partial charge in [0.15, 0.2) is 11.6 Å². The zero-order chi connectivity index (χ0) is 25.9. The molecule has 3 heterocycles. The second-order valence-corrected chi connectivity index (χ2v) is 9.10. The number of aliphatic imine (C=N–C) groups is 1. The van der Waals surface area contributed by atoms with Crippen LogP contribution in [-0.4, -0.2) is 28.8 Å². The number of furan rings is 1. The first-order valence-electron chi connectivity index (χ1n) is 11.7. The van der Waals surface area contributed by atoms with Crippen LogP contribution in [0.4, 0.5) is 22.0 Å². The fraction of sp³-hybridized carbons (Fsp3) is 0.143. The van der Waals surface area contributed by atoms with Crippen molar-refractivity contribution in [3.8, 4) is 11.1 Å². The van der Waals surface area contributed by atoms with E-state index >= 15 is 0 Å². The first-order chi connectivity index (χ1) is 17.9. The highest BCUT2D eigenvalue weighted by molar-refractivity contribution is 6.34. The van der Waals surface area contributed by atoms with E-state index in [1.165, 1.54) is 6.26 Å². The van der Waals surface area contributed by atoms with Gasteiger partial charge in [-0.3, -0.25) is 10.1 Å². The number of aromatic nitrogens is 1. The molecule has 0 aliphatic carbocycles. The lowest BCUT2D eigenvalue weighted by Crippen LogP contribution is -2.18. The van der Waals surface area contributed by atoms with Gasteiger partial charge in [-0.05, 0) is 56.3 Å². The molecule has 0 bridgehead atoms. The molecule has 2 aromatic carbocycles. The Morgan fingerprint density at radius 1 is 1.03 bits per heavy atom. The van der Waals surface area contributed by atoms with E-state index in [0.29, 0.717) is 34.2 Å². The molecule has 2 amide bonds. The predicted molar refractivity (Wildman–Crippen MR) is 143 cm³/mol. The van der Waals surface area contributed by atoms with E-state index in [2.05, 4.69) is 15.6 Å². The molecule has 1 aliphatic heterocycles. The van der Waals surface area contributed by atoms with Crippen LogP contribution >= 0.6 is 11.6 Å². The molecule has 0 atom stereocenters. The summed E-state index contributed by atoms with van der Waals surface area (Å²) in [5.74, 6) is 0.460. The van der Waals surface area contributed by atoms with Crippen LogP contribution in [-0.2, 0) is 11.2 Å². The summed E-state index contributed by atoms with van der Waals surface area (Å²) in [4.78, 5) is 33.8. The van der Waals surface area contributed by atoms with E-state index in [1.54, 1.807) is 50.4 Å². The topological polar surface area (TPSA) is 106 Å². The van der Waals surface area contributed by atoms with Gasteiger partial charge in [0, 0.05) is 45.6 Å². The van der Waals surface area contributed by atoms with E-state index in [1.807, 2.05) is 30.3 Å². The SMILES string of the molecule is CC(C)OC(=O)Nc1ccccc1-c1cnc2c(c1)CC(c1cc(NC(=O)c3ccco3)ccc1Cl)=N2. The van der Waals surface area contributed by atoms with Crippen molar-refractivity contribution in [2.45, 2.75) is 26.4 Å². The Morgan fingerprint density at radius 2 is 1.86 bits per heavy atom. The average molecular weight is 515 g/mol. The first kappa shape index (κ1) is 24.3. The molecule has 2 aromatic heterocycles. The monoisotopic (exact) mass is 514 g/mol. The lowest BCUT2D eigenvalue weighted by Gasteiger charge is -2.13. The summed E-state index contributed by atoms with van der Waals surface area (Å²) in [7, 11) is 0. The number of para-hydroxylation sites is 1. The van der Waals surface area contributed by atoms with E-state index in [9.17, 15) is 9.59 Å². The van der Waals surface area contributed by atoms with Crippen LogP contribution in [0.15, 0.2) is 82.5 Å². The smallest absolute Gasteiger partial charge is 0.411 e. The molecule has 2 N–H and O–H groups in total. The molecule has 0 spiro atoms. The minimum absolute atomic E-state index is 0.214. The number of amides is 2. The molecule has 37 heavy (non-hydrogen) atoms. The number of benzene rings is 2. The van der Waals surface area contributed by atoms with Crippen molar-refractivity contribution in [3.05, 3.63) is 95.0 Å². The number of carbonyl (C=O) groups excluding carboxylic acids is 2. The van der Waals surface area contributed by atoms with E-state index in [4.69, 9.17) is 25.7 Å². The predicted octanol–water partition coefficient (Wildman–Crippen LogP) is 6.88. The van der Waals surface area contributed by atoms with Gasteiger partial charge in [-0.1, -0.05) is 29.8 Å². The van der Waals surface area contributed by atoms with Gasteiger partial charge < -0.3 is 14.5 Å². The lowest BCUT2D eigenvalue weighted by atomic mass is 10.0. The van der Waals surface area contributed by atoms with Crippen molar-refractivity contribution < 1.29 is 18.7 Å². The van der Waals surface area contributed by atoms with E-state index < -0.39 is 6.09 Å². The summed E-state index contributed by atoms with van der Waals surface area (Å²) >= 11 is 6.50. The Morgan fingerprint density at radius 3 is 2.65 bits per heavy atom. The molecule has 5 rings (SSSR count). The van der Waals surface area contributed by atoms with Gasteiger partial charge >= 0.3 is 6.09 Å². The van der Waals surface area contributed by atoms with Crippen molar-refractivity contribution >= 4 is 46.5 Å². The number of anilines is 2. The summed E-state index contributed by atoms with van der Waals surface area (Å²) in [5.41, 5.74) is 5.21. The molecule has 0 fully saturated rings. The molecule has 186 valence electrons. The molecular formula is C28H23ClN4O4. The summed E-state index contributed by atoms with van der Waals surface area (Å²) in [6, 6.07) is 17.9. The molecular weight excluding hydrogens is 492 g/mol. The van der Waals surface area contributed by atoms with Gasteiger partial charge in [0.05, 0.1) is 23.8 Å². The second kappa shape index (κ2) is 10.3. The number of hydrogen-bond donors (Lipinski definition) is 2. The number of hydrogen-bond acceptors (Lipinski definition) is 6. The third-order valence-electron chi connectivity index (χ3n) is 5.64. The fourth-order valence-corrected chi connectivity index (χ4v) is 4.23. The highest BCUT2D eigenvalue weighted by atomic mass is 35.5. The average Bonchev–Trinajstić information content (AvgIpc) is 3.55. The third-order valence-corrected chi connectivity index (χ3v) is 5.97. The number of pyridine rings is 1. The van der Waals surface area contributed by atoms with Crippen LogP contribution in [0.3, 0.4) is 0 Å². The zero-order valence-electron chi connectivity index (χ0n) is 20.1. The van der Waals surface area contributed by atoms with Gasteiger partial charge in [0.2, 0.25) is 0 Å². The van der Waals surface area contributed by atoms with Crippen molar-refractivity contribution in [2.75, 3.05) is 10.6 Å². The Bertz CT molecular complexity index is 1510. The Labute approximate surface area is 218 Å². The standard InChI is InChI=1S/C28H23ClN4O4/c1-16(2)37-28(35)33-23-7-4-3-6-20(23)18-12-17-13-24(32-26(17)30-15-18)21-14-19(9-10-22(21)29)31-27(34)25-8-5-11-36-25/h3-12,14-16H,13H2,1-2H3,(H,31,34)(H,33,35). The molecule has 0 saturated carbocycles. The fourth-order valence-electron chi connectivity index (χ4n) is 4.01. The highest BCUT2D eigenvalue weighted by Crippen LogP contribution is 2.35. The van der Waals surface area contributed by atoms with Gasteiger partial charge in [-0.15, -0.1) is 0 Å². The van der Waals surface area contributed by atoms with Gasteiger partial charge in [0.1, 0.15) is 0 Å². The summed E-state index contributed by atoms with van der Waals surface area (Å²) < 4.78 is 10.4. The largest absolute Gasteiger partial charge is 0.459 e. The number of nitrogens with one attached hydrogen (secondary N) is 2. The van der Waals surface area contributed by atoms with Crippen molar-refractivity contribution in [3.63, 3.8) is 0 Å². The molecule has 0 radical (unpaired) electrons. The van der Waals surface area contributed by atoms with Crippen LogP contribution in [0.5, 0.6) is 0 Å². The number of rotatable bonds is 6. The van der Waals surface area contributed by atoms with Crippen LogP contribution in [0.2, 0.25) is 5.02 Å². The molecule has 9 heteroatoms. The maximum Gasteiger partial charge on any atom is 0.411 e. The van der Waals surface area contributed by atoms with Crippen molar-refractivity contribution in [2.24, 2.45) is 4.99 Å². The first-order valence-corrected chi connectivity index (χ1v) is 12.0. The van der Waals surface area contributed by atoms with Crippen molar-refractivity contribution in [1.29, 1.82) is 0 Å². The Balaban J connectivity index is 1.37. The maximum absolute atomic E-state index is 12.4. The van der Waals surface area contributed by atoms with Gasteiger partial charge in [-0.25, -0.2) is 14.8 Å². The number of halogens is 1. The summed E-state index contributed by atoms with van der Waals surface area (Å²) in [5, 5.41) is 6.13. The quantitative estimate of drug-likeness (QED) is 0.291. The summed E-state index contributed by atoms with van der Waals surface area (Å²) in [6.07, 6.45) is 2.93. The van der Waals surface area contributed by atoms with E-state index in [0.717, 1.165) is 22.4 Å². The Hall–Kier alpha value is -4.43. The number of ether oxygens (including phenoxy) is 1. The number of fused-ring (bicyclic) bond motifs is 1. The third kappa shape index (κ3) is 5.39. The molecule has 8 nitrogen and oxygen atoms in total. The minimum atomic E-state index is -0.518.